The van der Waals surface area contributed by atoms with Crippen molar-refractivity contribution in [1.82, 2.24) is 9.80 Å². The Balaban J connectivity index is 1.43. The highest BCUT2D eigenvalue weighted by molar-refractivity contribution is 5.52. The van der Waals surface area contributed by atoms with Crippen molar-refractivity contribution in [3.8, 4) is 0 Å². The van der Waals surface area contributed by atoms with E-state index in [4.69, 9.17) is 0 Å². The van der Waals surface area contributed by atoms with Crippen LogP contribution in [-0.4, -0.2) is 48.6 Å². The molecule has 1 fully saturated rings. The zero-order chi connectivity index (χ0) is 25.7. The lowest BCUT2D eigenvalue weighted by molar-refractivity contribution is 0.00712. The topological polar surface area (TPSA) is 9.72 Å². The van der Waals surface area contributed by atoms with Gasteiger partial charge in [-0.3, -0.25) is 9.80 Å². The Labute approximate surface area is 219 Å². The number of hydrogen-bond donors (Lipinski definition) is 0. The van der Waals surface area contributed by atoms with Crippen molar-refractivity contribution in [2.45, 2.75) is 52.7 Å². The quantitative estimate of drug-likeness (QED) is 0.322. The van der Waals surface area contributed by atoms with E-state index in [1.54, 1.807) is 5.56 Å². The summed E-state index contributed by atoms with van der Waals surface area (Å²) in [5.41, 5.74) is 7.00. The summed E-state index contributed by atoms with van der Waals surface area (Å²) in [6.45, 7) is 23.9. The lowest BCUT2D eigenvalue weighted by Gasteiger charge is -2.50. The van der Waals surface area contributed by atoms with Gasteiger partial charge in [-0.15, -0.1) is 0 Å². The van der Waals surface area contributed by atoms with E-state index in [2.05, 4.69) is 110 Å². The number of hydrogen-bond acceptors (Lipinski definition) is 3. The van der Waals surface area contributed by atoms with Gasteiger partial charge in [0.25, 0.3) is 0 Å². The minimum atomic E-state index is 0.241. The molecule has 1 saturated heterocycles. The fraction of sp³-hybridized carbons (Fsp3) is 0.455. The van der Waals surface area contributed by atoms with Gasteiger partial charge in [0.15, 0.2) is 0 Å². The first-order valence-corrected chi connectivity index (χ1v) is 13.7. The molecular formula is C33H45N3. The number of likely N-dealkylation sites (tertiary alicyclic amines) is 1. The number of rotatable bonds is 11. The molecule has 192 valence electrons. The summed E-state index contributed by atoms with van der Waals surface area (Å²) in [7, 11) is 0. The summed E-state index contributed by atoms with van der Waals surface area (Å²) in [5.74, 6) is 1.33. The maximum absolute atomic E-state index is 4.09. The van der Waals surface area contributed by atoms with Crippen molar-refractivity contribution in [3.05, 3.63) is 102 Å². The van der Waals surface area contributed by atoms with Gasteiger partial charge in [0.2, 0.25) is 0 Å². The summed E-state index contributed by atoms with van der Waals surface area (Å²) in [6.07, 6.45) is 7.12. The second-order valence-corrected chi connectivity index (χ2v) is 11.4. The van der Waals surface area contributed by atoms with Crippen LogP contribution in [0, 0.1) is 11.8 Å². The maximum atomic E-state index is 4.09. The second-order valence-electron chi connectivity index (χ2n) is 11.4. The Kier molecular flexibility index (Phi) is 8.87. The van der Waals surface area contributed by atoms with E-state index in [1.165, 1.54) is 22.4 Å². The molecule has 0 aromatic heterocycles. The van der Waals surface area contributed by atoms with Crippen LogP contribution in [0.2, 0.25) is 0 Å². The molecule has 4 rings (SSSR count). The molecule has 3 nitrogen and oxygen atoms in total. The molecule has 2 heterocycles. The van der Waals surface area contributed by atoms with E-state index in [9.17, 15) is 0 Å². The molecule has 0 aliphatic carbocycles. The van der Waals surface area contributed by atoms with Crippen LogP contribution in [0.4, 0.5) is 5.69 Å². The van der Waals surface area contributed by atoms with Crippen LogP contribution in [0.25, 0.3) is 0 Å². The minimum Gasteiger partial charge on any atom is -0.371 e. The molecule has 0 spiro atoms. The van der Waals surface area contributed by atoms with Crippen LogP contribution >= 0.6 is 0 Å². The first kappa shape index (κ1) is 26.4. The van der Waals surface area contributed by atoms with Gasteiger partial charge in [-0.05, 0) is 52.7 Å². The highest BCUT2D eigenvalue weighted by Gasteiger charge is 2.38. The summed E-state index contributed by atoms with van der Waals surface area (Å²) in [6, 6.07) is 18.9. The smallest absolute Gasteiger partial charge is 0.0602 e. The lowest BCUT2D eigenvalue weighted by atomic mass is 9.90. The number of allylic oxidation sites excluding steroid dienone is 2. The highest BCUT2D eigenvalue weighted by Crippen LogP contribution is 2.36. The third-order valence-corrected chi connectivity index (χ3v) is 7.52. The SMILES string of the molecule is C=C/C=C(\C=C)C(c1ccccc1)N1CC(N2CCc3cc(N(CC(C)C)CC(C)C)ccc3C2)C1. The zero-order valence-corrected chi connectivity index (χ0v) is 22.9. The number of nitrogens with zero attached hydrogens (tertiary/aromatic N) is 3. The molecule has 1 unspecified atom stereocenters. The van der Waals surface area contributed by atoms with Crippen molar-refractivity contribution in [3.63, 3.8) is 0 Å². The van der Waals surface area contributed by atoms with Crippen LogP contribution in [-0.2, 0) is 13.0 Å². The molecule has 2 aromatic rings. The molecular weight excluding hydrogens is 438 g/mol. The summed E-state index contributed by atoms with van der Waals surface area (Å²) < 4.78 is 0. The van der Waals surface area contributed by atoms with Crippen molar-refractivity contribution in [2.75, 3.05) is 37.6 Å². The van der Waals surface area contributed by atoms with E-state index in [1.807, 2.05) is 12.2 Å². The number of fused-ring (bicyclic) bond motifs is 1. The first-order valence-electron chi connectivity index (χ1n) is 13.7. The molecule has 2 aliphatic heterocycles. The Hall–Kier alpha value is -2.62. The van der Waals surface area contributed by atoms with Gasteiger partial charge in [-0.25, -0.2) is 0 Å². The van der Waals surface area contributed by atoms with Crippen LogP contribution in [0.1, 0.15) is 50.4 Å². The Morgan fingerprint density at radius 2 is 1.67 bits per heavy atom. The Morgan fingerprint density at radius 1 is 0.972 bits per heavy atom. The van der Waals surface area contributed by atoms with Crippen molar-refractivity contribution in [2.24, 2.45) is 11.8 Å². The number of benzene rings is 2. The largest absolute Gasteiger partial charge is 0.371 e. The molecule has 0 amide bonds. The molecule has 0 bridgehead atoms. The van der Waals surface area contributed by atoms with Crippen LogP contribution < -0.4 is 4.90 Å². The monoisotopic (exact) mass is 483 g/mol. The Morgan fingerprint density at radius 3 is 2.28 bits per heavy atom. The van der Waals surface area contributed by atoms with Crippen LogP contribution in [0.15, 0.2) is 85.5 Å². The normalized spacial score (nSPS) is 18.1. The van der Waals surface area contributed by atoms with E-state index < -0.39 is 0 Å². The predicted octanol–water partition coefficient (Wildman–Crippen LogP) is 6.89. The molecule has 0 saturated carbocycles. The molecule has 3 heteroatoms. The van der Waals surface area contributed by atoms with E-state index in [0.29, 0.717) is 17.9 Å². The van der Waals surface area contributed by atoms with Gasteiger partial charge >= 0.3 is 0 Å². The van der Waals surface area contributed by atoms with Gasteiger partial charge in [0, 0.05) is 51.0 Å². The fourth-order valence-electron chi connectivity index (χ4n) is 5.82. The zero-order valence-electron chi connectivity index (χ0n) is 22.9. The van der Waals surface area contributed by atoms with Crippen molar-refractivity contribution in [1.29, 1.82) is 0 Å². The Bertz CT molecular complexity index is 1040. The van der Waals surface area contributed by atoms with E-state index >= 15 is 0 Å². The molecule has 2 aromatic carbocycles. The van der Waals surface area contributed by atoms with E-state index in [-0.39, 0.29) is 6.04 Å². The van der Waals surface area contributed by atoms with Crippen LogP contribution in [0.3, 0.4) is 0 Å². The average Bonchev–Trinajstić information content (AvgIpc) is 2.84. The predicted molar refractivity (Wildman–Crippen MR) is 155 cm³/mol. The van der Waals surface area contributed by atoms with Gasteiger partial charge < -0.3 is 4.90 Å². The number of anilines is 1. The molecule has 0 N–H and O–H groups in total. The minimum absolute atomic E-state index is 0.241. The molecule has 1 atom stereocenters. The molecule has 36 heavy (non-hydrogen) atoms. The van der Waals surface area contributed by atoms with E-state index in [0.717, 1.165) is 45.7 Å². The first-order chi connectivity index (χ1) is 17.4. The van der Waals surface area contributed by atoms with Gasteiger partial charge in [-0.2, -0.15) is 0 Å². The van der Waals surface area contributed by atoms with Crippen LogP contribution in [0.5, 0.6) is 0 Å². The third-order valence-electron chi connectivity index (χ3n) is 7.52. The standard InChI is InChI=1S/C33H45N3/c1-7-12-27(8-2)33(28-13-10-9-11-14-28)36-23-32(24-36)34-18-17-29-19-31(16-15-30(29)22-34)35(20-25(3)4)21-26(5)6/h7-16,19,25-26,32-33H,1-2,17-18,20-24H2,3-6H3/b27-12+. The van der Waals surface area contributed by atoms with Crippen molar-refractivity contribution >= 4 is 5.69 Å². The lowest BCUT2D eigenvalue weighted by Crippen LogP contribution is -2.60. The maximum Gasteiger partial charge on any atom is 0.0602 e. The average molecular weight is 484 g/mol. The molecule has 2 aliphatic rings. The summed E-state index contributed by atoms with van der Waals surface area (Å²) >= 11 is 0. The third kappa shape index (κ3) is 6.19. The fourth-order valence-corrected chi connectivity index (χ4v) is 5.82. The summed E-state index contributed by atoms with van der Waals surface area (Å²) in [5, 5.41) is 0. The highest BCUT2D eigenvalue weighted by atomic mass is 15.3. The second kappa shape index (κ2) is 12.1. The summed E-state index contributed by atoms with van der Waals surface area (Å²) in [4.78, 5) is 7.88. The molecule has 0 radical (unpaired) electrons. The van der Waals surface area contributed by atoms with Gasteiger partial charge in [0.05, 0.1) is 6.04 Å². The van der Waals surface area contributed by atoms with Gasteiger partial charge in [-0.1, -0.05) is 95.5 Å². The van der Waals surface area contributed by atoms with Crippen molar-refractivity contribution < 1.29 is 0 Å². The van der Waals surface area contributed by atoms with Gasteiger partial charge in [0.1, 0.15) is 0 Å².